The van der Waals surface area contributed by atoms with Crippen molar-refractivity contribution in [3.05, 3.63) is 60.9 Å². The molecule has 3 rings (SSSR count). The van der Waals surface area contributed by atoms with Gasteiger partial charge < -0.3 is 4.74 Å². The van der Waals surface area contributed by atoms with Gasteiger partial charge in [-0.2, -0.15) is 4.98 Å². The SMILES string of the molecule is [c]1nc(Oc2ccccc2)c2ccccc2n1. The van der Waals surface area contributed by atoms with Gasteiger partial charge in [-0.3, -0.25) is 0 Å². The zero-order valence-corrected chi connectivity index (χ0v) is 9.00. The lowest BCUT2D eigenvalue weighted by Gasteiger charge is -2.06. The van der Waals surface area contributed by atoms with Gasteiger partial charge in [0, 0.05) is 0 Å². The fourth-order valence-corrected chi connectivity index (χ4v) is 1.61. The topological polar surface area (TPSA) is 35.0 Å². The molecule has 3 heteroatoms. The van der Waals surface area contributed by atoms with Gasteiger partial charge in [0.25, 0.3) is 0 Å². The Hall–Kier alpha value is -2.42. The smallest absolute Gasteiger partial charge is 0.230 e. The third-order valence-electron chi connectivity index (χ3n) is 2.41. The van der Waals surface area contributed by atoms with Crippen molar-refractivity contribution in [2.75, 3.05) is 0 Å². The minimum atomic E-state index is 0.529. The molecule has 1 radical (unpaired) electrons. The van der Waals surface area contributed by atoms with Gasteiger partial charge in [0.2, 0.25) is 12.2 Å². The molecule has 0 saturated heterocycles. The Bertz CT molecular complexity index is 633. The first-order valence-corrected chi connectivity index (χ1v) is 5.29. The van der Waals surface area contributed by atoms with Crippen LogP contribution in [0.3, 0.4) is 0 Å². The summed E-state index contributed by atoms with van der Waals surface area (Å²) in [6.45, 7) is 0. The van der Waals surface area contributed by atoms with Crippen LogP contribution < -0.4 is 4.74 Å². The Labute approximate surface area is 98.7 Å². The van der Waals surface area contributed by atoms with E-state index < -0.39 is 0 Å². The Morgan fingerprint density at radius 2 is 1.59 bits per heavy atom. The van der Waals surface area contributed by atoms with Crippen molar-refractivity contribution in [2.45, 2.75) is 0 Å². The minimum absolute atomic E-state index is 0.529. The van der Waals surface area contributed by atoms with Gasteiger partial charge in [0.15, 0.2) is 0 Å². The van der Waals surface area contributed by atoms with E-state index in [1.807, 2.05) is 54.6 Å². The maximum Gasteiger partial charge on any atom is 0.230 e. The molecule has 0 amide bonds. The van der Waals surface area contributed by atoms with Gasteiger partial charge in [-0.25, -0.2) is 4.98 Å². The highest BCUT2D eigenvalue weighted by atomic mass is 16.5. The predicted molar refractivity (Wildman–Crippen MR) is 64.9 cm³/mol. The molecule has 0 fully saturated rings. The van der Waals surface area contributed by atoms with E-state index in [1.54, 1.807) is 0 Å². The molecule has 0 aliphatic carbocycles. The molecule has 0 spiro atoms. The van der Waals surface area contributed by atoms with E-state index in [-0.39, 0.29) is 0 Å². The van der Waals surface area contributed by atoms with Crippen LogP contribution in [0, 0.1) is 6.33 Å². The fourth-order valence-electron chi connectivity index (χ4n) is 1.61. The van der Waals surface area contributed by atoms with Crippen molar-refractivity contribution in [3.8, 4) is 11.6 Å². The minimum Gasteiger partial charge on any atom is -0.438 e. The lowest BCUT2D eigenvalue weighted by Crippen LogP contribution is -1.91. The van der Waals surface area contributed by atoms with Crippen molar-refractivity contribution in [1.29, 1.82) is 0 Å². The maximum atomic E-state index is 5.71. The Morgan fingerprint density at radius 1 is 0.824 bits per heavy atom. The van der Waals surface area contributed by atoms with E-state index in [0.29, 0.717) is 5.88 Å². The van der Waals surface area contributed by atoms with Gasteiger partial charge in [0.05, 0.1) is 10.9 Å². The summed E-state index contributed by atoms with van der Waals surface area (Å²) in [4.78, 5) is 8.11. The van der Waals surface area contributed by atoms with Crippen LogP contribution in [0.25, 0.3) is 10.9 Å². The summed E-state index contributed by atoms with van der Waals surface area (Å²) >= 11 is 0. The average Bonchev–Trinajstić information content (AvgIpc) is 2.40. The predicted octanol–water partition coefficient (Wildman–Crippen LogP) is 3.22. The number of para-hydroxylation sites is 2. The molecule has 81 valence electrons. The van der Waals surface area contributed by atoms with Crippen LogP contribution in [0.1, 0.15) is 0 Å². The van der Waals surface area contributed by atoms with Crippen LogP contribution in [-0.2, 0) is 0 Å². The lowest BCUT2D eigenvalue weighted by atomic mass is 10.2. The van der Waals surface area contributed by atoms with E-state index >= 15 is 0 Å². The van der Waals surface area contributed by atoms with E-state index in [1.165, 1.54) is 0 Å². The maximum absolute atomic E-state index is 5.71. The fraction of sp³-hybridized carbons (Fsp3) is 0. The first-order chi connectivity index (χ1) is 8.43. The molecule has 0 N–H and O–H groups in total. The molecule has 0 saturated carbocycles. The summed E-state index contributed by atoms with van der Waals surface area (Å²) in [5.74, 6) is 1.28. The second-order valence-corrected chi connectivity index (χ2v) is 3.56. The van der Waals surface area contributed by atoms with Crippen LogP contribution in [0.5, 0.6) is 11.6 Å². The second-order valence-electron chi connectivity index (χ2n) is 3.56. The third kappa shape index (κ3) is 1.95. The molecule has 3 aromatic rings. The summed E-state index contributed by atoms with van der Waals surface area (Å²) < 4.78 is 5.71. The van der Waals surface area contributed by atoms with E-state index in [0.717, 1.165) is 16.7 Å². The van der Waals surface area contributed by atoms with Gasteiger partial charge >= 0.3 is 0 Å². The number of fused-ring (bicyclic) bond motifs is 1. The molecular weight excluding hydrogens is 212 g/mol. The molecule has 1 heterocycles. The van der Waals surface area contributed by atoms with Crippen LogP contribution in [0.4, 0.5) is 0 Å². The summed E-state index contributed by atoms with van der Waals surface area (Å²) in [7, 11) is 0. The highest BCUT2D eigenvalue weighted by Crippen LogP contribution is 2.25. The number of hydrogen-bond acceptors (Lipinski definition) is 3. The molecule has 1 aromatic heterocycles. The van der Waals surface area contributed by atoms with Crippen molar-refractivity contribution in [3.63, 3.8) is 0 Å². The number of benzene rings is 2. The molecule has 0 aliphatic heterocycles. The molecule has 0 atom stereocenters. The summed E-state index contributed by atoms with van der Waals surface area (Å²) in [6, 6.07) is 17.3. The number of rotatable bonds is 2. The molecule has 0 bridgehead atoms. The van der Waals surface area contributed by atoms with Gasteiger partial charge in [-0.1, -0.05) is 30.3 Å². The normalized spacial score (nSPS) is 10.4. The Morgan fingerprint density at radius 3 is 2.47 bits per heavy atom. The van der Waals surface area contributed by atoms with Crippen molar-refractivity contribution < 1.29 is 4.74 Å². The van der Waals surface area contributed by atoms with E-state index in [2.05, 4.69) is 16.3 Å². The number of ether oxygens (including phenoxy) is 1. The largest absolute Gasteiger partial charge is 0.438 e. The summed E-state index contributed by atoms with van der Waals surface area (Å²) in [5.41, 5.74) is 0.827. The molecule has 2 aromatic carbocycles. The zero-order valence-electron chi connectivity index (χ0n) is 9.00. The van der Waals surface area contributed by atoms with Crippen molar-refractivity contribution >= 4 is 10.9 Å². The Balaban J connectivity index is 2.06. The highest BCUT2D eigenvalue weighted by molar-refractivity contribution is 5.83. The Kier molecular flexibility index (Phi) is 2.43. The summed E-state index contributed by atoms with van der Waals surface area (Å²) in [6.07, 6.45) is 2.60. The first kappa shape index (κ1) is 9.78. The van der Waals surface area contributed by atoms with Gasteiger partial charge in [-0.15, -0.1) is 0 Å². The third-order valence-corrected chi connectivity index (χ3v) is 2.41. The monoisotopic (exact) mass is 221 g/mol. The lowest BCUT2D eigenvalue weighted by molar-refractivity contribution is 0.468. The highest BCUT2D eigenvalue weighted by Gasteiger charge is 2.04. The first-order valence-electron chi connectivity index (χ1n) is 5.29. The standard InChI is InChI=1S/C14H9N2O/c1-2-6-11(7-3-1)17-14-12-8-4-5-9-13(12)15-10-16-14/h1-9H. The van der Waals surface area contributed by atoms with Crippen LogP contribution in [0.15, 0.2) is 54.6 Å². The summed E-state index contributed by atoms with van der Waals surface area (Å²) in [5, 5.41) is 0.884. The van der Waals surface area contributed by atoms with Crippen LogP contribution >= 0.6 is 0 Å². The van der Waals surface area contributed by atoms with Gasteiger partial charge in [-0.05, 0) is 24.3 Å². The molecule has 0 aliphatic rings. The number of aromatic nitrogens is 2. The average molecular weight is 221 g/mol. The van der Waals surface area contributed by atoms with Crippen molar-refractivity contribution in [2.24, 2.45) is 0 Å². The second kappa shape index (κ2) is 4.22. The molecular formula is C14H9N2O. The molecule has 17 heavy (non-hydrogen) atoms. The van der Waals surface area contributed by atoms with E-state index in [9.17, 15) is 0 Å². The van der Waals surface area contributed by atoms with E-state index in [4.69, 9.17) is 4.74 Å². The molecule has 3 nitrogen and oxygen atoms in total. The molecule has 0 unspecified atom stereocenters. The van der Waals surface area contributed by atoms with Crippen molar-refractivity contribution in [1.82, 2.24) is 9.97 Å². The van der Waals surface area contributed by atoms with Gasteiger partial charge in [0.1, 0.15) is 5.75 Å². The quantitative estimate of drug-likeness (QED) is 0.666. The number of nitrogens with zero attached hydrogens (tertiary/aromatic N) is 2. The number of hydrogen-bond donors (Lipinski definition) is 0. The zero-order chi connectivity index (χ0) is 11.5. The van der Waals surface area contributed by atoms with Crippen LogP contribution in [0.2, 0.25) is 0 Å². The van der Waals surface area contributed by atoms with Crippen LogP contribution in [-0.4, -0.2) is 9.97 Å².